The van der Waals surface area contributed by atoms with Crippen LogP contribution in [0.5, 0.6) is 0 Å². The highest BCUT2D eigenvalue weighted by molar-refractivity contribution is 9.42. The summed E-state index contributed by atoms with van der Waals surface area (Å²) in [6.07, 6.45) is 3.97. The van der Waals surface area contributed by atoms with E-state index in [0.717, 1.165) is 18.5 Å². The standard InChI is InChI=1S/C9H12BrN3P/c10-14(7-1-4-11,8-2-5-12)9-3-6-13/h1-3,7-9H2/q+1. The summed E-state index contributed by atoms with van der Waals surface area (Å²) < 4.78 is 0. The summed E-state index contributed by atoms with van der Waals surface area (Å²) in [7, 11) is 0. The molecule has 0 aromatic carbocycles. The zero-order valence-electron chi connectivity index (χ0n) is 7.91. The molecule has 0 saturated carbocycles. The number of hydrogen-bond donors (Lipinski definition) is 0. The fraction of sp³-hybridized carbons (Fsp3) is 0.667. The molecule has 0 aliphatic rings. The van der Waals surface area contributed by atoms with Crippen LogP contribution in [0.25, 0.3) is 0 Å². The van der Waals surface area contributed by atoms with Crippen molar-refractivity contribution >= 4 is 21.5 Å². The molecule has 14 heavy (non-hydrogen) atoms. The van der Waals surface area contributed by atoms with Gasteiger partial charge in [0.2, 0.25) is 0 Å². The maximum absolute atomic E-state index is 8.50. The smallest absolute Gasteiger partial charge is 0.138 e. The lowest BCUT2D eigenvalue weighted by Crippen LogP contribution is -2.01. The SMILES string of the molecule is N#CCC[P+](Br)(CCC#N)CCC#N. The van der Waals surface area contributed by atoms with Gasteiger partial charge < -0.3 is 0 Å². The second-order valence-corrected chi connectivity index (χ2v) is 10.8. The average Bonchev–Trinajstić information content (AvgIpc) is 2.21. The van der Waals surface area contributed by atoms with Crippen LogP contribution < -0.4 is 0 Å². The van der Waals surface area contributed by atoms with Gasteiger partial charge in [-0.05, 0) is 0 Å². The Morgan fingerprint density at radius 1 is 0.786 bits per heavy atom. The van der Waals surface area contributed by atoms with Gasteiger partial charge in [-0.15, -0.1) is 0 Å². The predicted molar refractivity (Wildman–Crippen MR) is 61.1 cm³/mol. The normalized spacial score (nSPS) is 9.86. The molecular weight excluding hydrogens is 261 g/mol. The average molecular weight is 273 g/mol. The second kappa shape index (κ2) is 7.75. The minimum absolute atomic E-state index is 0.510. The molecule has 74 valence electrons. The van der Waals surface area contributed by atoms with Gasteiger partial charge in [-0.25, -0.2) is 0 Å². The van der Waals surface area contributed by atoms with E-state index >= 15 is 0 Å². The third-order valence-electron chi connectivity index (χ3n) is 1.87. The van der Waals surface area contributed by atoms with Gasteiger partial charge in [0.25, 0.3) is 0 Å². The van der Waals surface area contributed by atoms with Crippen LogP contribution in [-0.2, 0) is 0 Å². The molecule has 0 atom stereocenters. The van der Waals surface area contributed by atoms with Crippen LogP contribution >= 0.6 is 21.5 Å². The van der Waals surface area contributed by atoms with Crippen LogP contribution in [0, 0.1) is 34.0 Å². The van der Waals surface area contributed by atoms with Gasteiger partial charge in [-0.3, -0.25) is 0 Å². The molecule has 3 nitrogen and oxygen atoms in total. The van der Waals surface area contributed by atoms with Gasteiger partial charge in [0.1, 0.15) is 15.5 Å². The molecule has 5 heteroatoms. The van der Waals surface area contributed by atoms with Gasteiger partial charge in [0.05, 0.1) is 61.9 Å². The lowest BCUT2D eigenvalue weighted by molar-refractivity contribution is 1.13. The Labute approximate surface area is 93.4 Å². The van der Waals surface area contributed by atoms with Crippen LogP contribution in [0.2, 0.25) is 0 Å². The molecule has 0 spiro atoms. The molecule has 0 rings (SSSR count). The van der Waals surface area contributed by atoms with Crippen molar-refractivity contribution in [3.8, 4) is 18.2 Å². The summed E-state index contributed by atoms with van der Waals surface area (Å²) in [5.74, 6) is -1.37. The number of nitriles is 3. The van der Waals surface area contributed by atoms with Crippen molar-refractivity contribution in [3.05, 3.63) is 0 Å². The molecule has 0 aliphatic carbocycles. The number of rotatable bonds is 6. The lowest BCUT2D eigenvalue weighted by atomic mass is 10.5. The van der Waals surface area contributed by atoms with Crippen LogP contribution in [0.4, 0.5) is 0 Å². The first-order valence-electron chi connectivity index (χ1n) is 4.35. The van der Waals surface area contributed by atoms with E-state index in [1.807, 2.05) is 0 Å². The van der Waals surface area contributed by atoms with Crippen molar-refractivity contribution in [1.29, 1.82) is 15.8 Å². The third kappa shape index (κ3) is 5.93. The van der Waals surface area contributed by atoms with Gasteiger partial charge in [-0.2, -0.15) is 15.8 Å². The number of hydrogen-bond acceptors (Lipinski definition) is 3. The van der Waals surface area contributed by atoms with Crippen molar-refractivity contribution in [2.75, 3.05) is 18.5 Å². The molecule has 0 N–H and O–H groups in total. The minimum Gasteiger partial charge on any atom is -0.198 e. The van der Waals surface area contributed by atoms with E-state index in [9.17, 15) is 0 Å². The lowest BCUT2D eigenvalue weighted by Gasteiger charge is -2.15. The van der Waals surface area contributed by atoms with Gasteiger partial charge in [0, 0.05) is 0 Å². The number of nitrogens with zero attached hydrogens (tertiary/aromatic N) is 3. The first kappa shape index (κ1) is 13.4. The van der Waals surface area contributed by atoms with E-state index in [2.05, 4.69) is 33.7 Å². The molecule has 0 heterocycles. The van der Waals surface area contributed by atoms with Crippen molar-refractivity contribution in [3.63, 3.8) is 0 Å². The molecule has 0 fully saturated rings. The largest absolute Gasteiger partial charge is 0.198 e. The molecule has 0 aromatic heterocycles. The first-order valence-corrected chi connectivity index (χ1v) is 8.71. The van der Waals surface area contributed by atoms with E-state index < -0.39 is 5.96 Å². The van der Waals surface area contributed by atoms with Crippen LogP contribution in [0.15, 0.2) is 0 Å². The summed E-state index contributed by atoms with van der Waals surface area (Å²) in [5, 5.41) is 25.5. The molecule has 0 bridgehead atoms. The third-order valence-corrected chi connectivity index (χ3v) is 8.14. The minimum atomic E-state index is -1.37. The number of halogens is 1. The first-order chi connectivity index (χ1) is 6.68. The maximum atomic E-state index is 8.50. The maximum Gasteiger partial charge on any atom is 0.138 e. The van der Waals surface area contributed by atoms with Crippen molar-refractivity contribution in [1.82, 2.24) is 0 Å². The molecular formula is C9H12BrN3P+. The molecule has 0 unspecified atom stereocenters. The zero-order valence-corrected chi connectivity index (χ0v) is 10.4. The fourth-order valence-corrected chi connectivity index (χ4v) is 4.86. The van der Waals surface area contributed by atoms with Crippen LogP contribution in [0.3, 0.4) is 0 Å². The van der Waals surface area contributed by atoms with E-state index in [0.29, 0.717) is 19.3 Å². The Bertz CT molecular complexity index is 238. The summed E-state index contributed by atoms with van der Waals surface area (Å²) >= 11 is 3.65. The Hall–Kier alpha value is -0.620. The van der Waals surface area contributed by atoms with E-state index in [1.165, 1.54) is 0 Å². The molecule has 0 radical (unpaired) electrons. The van der Waals surface area contributed by atoms with Crippen molar-refractivity contribution in [2.24, 2.45) is 0 Å². The molecule has 0 aromatic rings. The Morgan fingerprint density at radius 2 is 1.07 bits per heavy atom. The Balaban J connectivity index is 4.13. The highest BCUT2D eigenvalue weighted by atomic mass is 79.9. The van der Waals surface area contributed by atoms with Crippen LogP contribution in [0.1, 0.15) is 19.3 Å². The summed E-state index contributed by atoms with van der Waals surface area (Å²) in [6, 6.07) is 6.32. The Kier molecular flexibility index (Phi) is 7.41. The summed E-state index contributed by atoms with van der Waals surface area (Å²) in [5.41, 5.74) is 0. The highest BCUT2D eigenvalue weighted by Gasteiger charge is 2.33. The van der Waals surface area contributed by atoms with Gasteiger partial charge in [0.15, 0.2) is 0 Å². The zero-order chi connectivity index (χ0) is 10.9. The summed E-state index contributed by atoms with van der Waals surface area (Å²) in [4.78, 5) is 0. The van der Waals surface area contributed by atoms with E-state index in [1.54, 1.807) is 0 Å². The van der Waals surface area contributed by atoms with Crippen LogP contribution in [-0.4, -0.2) is 18.5 Å². The Morgan fingerprint density at radius 3 is 1.29 bits per heavy atom. The van der Waals surface area contributed by atoms with Gasteiger partial charge >= 0.3 is 0 Å². The summed E-state index contributed by atoms with van der Waals surface area (Å²) in [6.45, 7) is 0. The van der Waals surface area contributed by atoms with Crippen molar-refractivity contribution < 1.29 is 0 Å². The molecule has 0 amide bonds. The monoisotopic (exact) mass is 272 g/mol. The van der Waals surface area contributed by atoms with E-state index in [4.69, 9.17) is 15.8 Å². The van der Waals surface area contributed by atoms with E-state index in [-0.39, 0.29) is 0 Å². The molecule has 0 saturated heterocycles. The fourth-order valence-electron chi connectivity index (χ4n) is 1.09. The van der Waals surface area contributed by atoms with Crippen molar-refractivity contribution in [2.45, 2.75) is 19.3 Å². The topological polar surface area (TPSA) is 71.4 Å². The quantitative estimate of drug-likeness (QED) is 0.698. The predicted octanol–water partition coefficient (Wildman–Crippen LogP) is 3.05. The molecule has 0 aliphatic heterocycles. The highest BCUT2D eigenvalue weighted by Crippen LogP contribution is 2.67. The van der Waals surface area contributed by atoms with Gasteiger partial charge in [-0.1, -0.05) is 0 Å². The second-order valence-electron chi connectivity index (χ2n) is 2.92.